The average Bonchev–Trinajstić information content (AvgIpc) is 3.31. The molecule has 0 saturated heterocycles. The van der Waals surface area contributed by atoms with Gasteiger partial charge in [0.1, 0.15) is 18.0 Å². The van der Waals surface area contributed by atoms with E-state index >= 15 is 8.78 Å². The Kier molecular flexibility index (Phi) is 7.78. The summed E-state index contributed by atoms with van der Waals surface area (Å²) in [6.07, 6.45) is 5.88. The highest BCUT2D eigenvalue weighted by Crippen LogP contribution is 2.35. The van der Waals surface area contributed by atoms with Crippen molar-refractivity contribution in [3.63, 3.8) is 0 Å². The van der Waals surface area contributed by atoms with Crippen LogP contribution in [-0.2, 0) is 22.8 Å². The van der Waals surface area contributed by atoms with Crippen LogP contribution in [0.2, 0.25) is 0 Å². The SMILES string of the molecule is CC1(C)CCC(NCc2cccc(-c3ccc(-c4ncn(COC(=O)C(C)(C)C)n4)cc3F)c2F)CC1. The van der Waals surface area contributed by atoms with Crippen molar-refractivity contribution in [2.75, 3.05) is 0 Å². The van der Waals surface area contributed by atoms with Gasteiger partial charge < -0.3 is 10.1 Å². The lowest BCUT2D eigenvalue weighted by Crippen LogP contribution is -2.35. The molecule has 1 fully saturated rings. The molecule has 1 aliphatic rings. The van der Waals surface area contributed by atoms with Gasteiger partial charge in [-0.15, -0.1) is 5.10 Å². The molecule has 37 heavy (non-hydrogen) atoms. The van der Waals surface area contributed by atoms with E-state index < -0.39 is 17.0 Å². The lowest BCUT2D eigenvalue weighted by atomic mass is 9.75. The summed E-state index contributed by atoms with van der Waals surface area (Å²) in [5.41, 5.74) is 1.12. The van der Waals surface area contributed by atoms with E-state index in [-0.39, 0.29) is 29.7 Å². The third kappa shape index (κ3) is 6.60. The number of hydrogen-bond donors (Lipinski definition) is 1. The van der Waals surface area contributed by atoms with Gasteiger partial charge in [-0.25, -0.2) is 18.4 Å². The molecule has 1 aromatic heterocycles. The predicted octanol–water partition coefficient (Wildman–Crippen LogP) is 6.50. The van der Waals surface area contributed by atoms with Crippen LogP contribution >= 0.6 is 0 Å². The van der Waals surface area contributed by atoms with Crippen molar-refractivity contribution in [1.29, 1.82) is 0 Å². The Balaban J connectivity index is 1.44. The Morgan fingerprint density at radius 2 is 1.86 bits per heavy atom. The minimum absolute atomic E-state index is 0.0890. The molecule has 0 amide bonds. The molecular formula is C29H36F2N4O2. The van der Waals surface area contributed by atoms with Gasteiger partial charge in [-0.05, 0) is 57.9 Å². The molecule has 1 N–H and O–H groups in total. The largest absolute Gasteiger partial charge is 0.442 e. The third-order valence-electron chi connectivity index (χ3n) is 6.99. The average molecular weight is 511 g/mol. The molecule has 0 unspecified atom stereocenters. The summed E-state index contributed by atoms with van der Waals surface area (Å²) in [7, 11) is 0. The summed E-state index contributed by atoms with van der Waals surface area (Å²) in [5, 5.41) is 7.75. The van der Waals surface area contributed by atoms with E-state index in [1.165, 1.54) is 17.1 Å². The first kappa shape index (κ1) is 26.9. The molecule has 0 radical (unpaired) electrons. The van der Waals surface area contributed by atoms with Gasteiger partial charge in [-0.3, -0.25) is 4.79 Å². The Bertz CT molecular complexity index is 1250. The van der Waals surface area contributed by atoms with Crippen LogP contribution in [0.1, 0.15) is 65.9 Å². The Morgan fingerprint density at radius 1 is 1.14 bits per heavy atom. The zero-order valence-electron chi connectivity index (χ0n) is 22.3. The first-order chi connectivity index (χ1) is 17.4. The van der Waals surface area contributed by atoms with Crippen LogP contribution in [0, 0.1) is 22.5 Å². The second kappa shape index (κ2) is 10.7. The summed E-state index contributed by atoms with van der Waals surface area (Å²) < 4.78 is 37.2. The first-order valence-corrected chi connectivity index (χ1v) is 12.8. The van der Waals surface area contributed by atoms with Crippen LogP contribution in [0.5, 0.6) is 0 Å². The molecule has 4 rings (SSSR count). The fourth-order valence-electron chi connectivity index (χ4n) is 4.49. The fourth-order valence-corrected chi connectivity index (χ4v) is 4.49. The lowest BCUT2D eigenvalue weighted by Gasteiger charge is -2.34. The maximum Gasteiger partial charge on any atom is 0.313 e. The summed E-state index contributed by atoms with van der Waals surface area (Å²) in [6, 6.07) is 9.97. The van der Waals surface area contributed by atoms with E-state index in [4.69, 9.17) is 4.74 Å². The van der Waals surface area contributed by atoms with E-state index in [9.17, 15) is 4.79 Å². The van der Waals surface area contributed by atoms with Crippen molar-refractivity contribution >= 4 is 5.97 Å². The molecule has 1 saturated carbocycles. The zero-order chi connectivity index (χ0) is 26.8. The first-order valence-electron chi connectivity index (χ1n) is 12.8. The molecule has 0 spiro atoms. The van der Waals surface area contributed by atoms with Crippen molar-refractivity contribution in [1.82, 2.24) is 20.1 Å². The number of carbonyl (C=O) groups excluding carboxylic acids is 1. The normalized spacial score (nSPS) is 16.1. The van der Waals surface area contributed by atoms with Gasteiger partial charge in [0, 0.05) is 34.8 Å². The Morgan fingerprint density at radius 3 is 2.54 bits per heavy atom. The summed E-state index contributed by atoms with van der Waals surface area (Å²) in [6.45, 7) is 10.2. The lowest BCUT2D eigenvalue weighted by molar-refractivity contribution is -0.157. The minimum Gasteiger partial charge on any atom is -0.442 e. The van der Waals surface area contributed by atoms with Crippen molar-refractivity contribution in [3.05, 3.63) is 59.9 Å². The molecule has 2 aromatic carbocycles. The summed E-state index contributed by atoms with van der Waals surface area (Å²) >= 11 is 0. The molecule has 0 aliphatic heterocycles. The van der Waals surface area contributed by atoms with Crippen LogP contribution in [-0.4, -0.2) is 26.8 Å². The number of benzene rings is 2. The van der Waals surface area contributed by atoms with E-state index in [0.717, 1.165) is 25.7 Å². The molecule has 0 atom stereocenters. The monoisotopic (exact) mass is 510 g/mol. The topological polar surface area (TPSA) is 69.0 Å². The Hall–Kier alpha value is -3.13. The van der Waals surface area contributed by atoms with Crippen LogP contribution in [0.4, 0.5) is 8.78 Å². The predicted molar refractivity (Wildman–Crippen MR) is 139 cm³/mol. The standard InChI is InChI=1S/C29H36F2N4O2/c1-28(2,3)27(36)37-18-35-17-33-26(34-35)19-9-10-22(24(30)15-19)23-8-6-7-20(25(23)31)16-32-21-11-13-29(4,5)14-12-21/h6-10,15,17,21,32H,11-14,16,18H2,1-5H3. The number of aromatic nitrogens is 3. The number of nitrogens with zero attached hydrogens (tertiary/aromatic N) is 3. The maximum absolute atomic E-state index is 15.4. The van der Waals surface area contributed by atoms with Crippen molar-refractivity contribution in [2.24, 2.45) is 10.8 Å². The number of carbonyl (C=O) groups is 1. The quantitative estimate of drug-likeness (QED) is 0.368. The molecule has 8 heteroatoms. The van der Waals surface area contributed by atoms with Gasteiger partial charge in [0.15, 0.2) is 12.6 Å². The molecule has 3 aromatic rings. The van der Waals surface area contributed by atoms with E-state index in [1.807, 2.05) is 0 Å². The van der Waals surface area contributed by atoms with Crippen molar-refractivity contribution < 1.29 is 18.3 Å². The Labute approximate surface area is 217 Å². The van der Waals surface area contributed by atoms with Gasteiger partial charge >= 0.3 is 5.97 Å². The van der Waals surface area contributed by atoms with Crippen LogP contribution in [0.15, 0.2) is 42.7 Å². The summed E-state index contributed by atoms with van der Waals surface area (Å²) in [4.78, 5) is 16.2. The summed E-state index contributed by atoms with van der Waals surface area (Å²) in [5.74, 6) is -1.05. The number of nitrogens with one attached hydrogen (secondary N) is 1. The number of esters is 1. The highest BCUT2D eigenvalue weighted by atomic mass is 19.1. The van der Waals surface area contributed by atoms with Gasteiger partial charge in [-0.1, -0.05) is 44.2 Å². The molecule has 1 aliphatic carbocycles. The molecule has 1 heterocycles. The fraction of sp³-hybridized carbons (Fsp3) is 0.483. The van der Waals surface area contributed by atoms with Crippen LogP contribution in [0.3, 0.4) is 0 Å². The zero-order valence-corrected chi connectivity index (χ0v) is 22.3. The highest BCUT2D eigenvalue weighted by Gasteiger charge is 2.27. The smallest absolute Gasteiger partial charge is 0.313 e. The highest BCUT2D eigenvalue weighted by molar-refractivity contribution is 5.75. The number of ether oxygens (including phenoxy) is 1. The number of rotatable bonds is 7. The molecule has 198 valence electrons. The van der Waals surface area contributed by atoms with E-state index in [1.54, 1.807) is 51.1 Å². The second-order valence-electron chi connectivity index (χ2n) is 11.7. The van der Waals surface area contributed by atoms with Crippen LogP contribution in [0.25, 0.3) is 22.5 Å². The molecular weight excluding hydrogens is 474 g/mol. The second-order valence-corrected chi connectivity index (χ2v) is 11.7. The van der Waals surface area contributed by atoms with Crippen molar-refractivity contribution in [2.45, 2.75) is 79.6 Å². The molecule has 6 nitrogen and oxygen atoms in total. The third-order valence-corrected chi connectivity index (χ3v) is 6.99. The van der Waals surface area contributed by atoms with Crippen LogP contribution < -0.4 is 5.32 Å². The minimum atomic E-state index is -0.627. The molecule has 0 bridgehead atoms. The van der Waals surface area contributed by atoms with Gasteiger partial charge in [0.2, 0.25) is 0 Å². The van der Waals surface area contributed by atoms with Gasteiger partial charge in [-0.2, -0.15) is 0 Å². The number of halogens is 2. The van der Waals surface area contributed by atoms with E-state index in [0.29, 0.717) is 29.1 Å². The van der Waals surface area contributed by atoms with Gasteiger partial charge in [0.25, 0.3) is 0 Å². The number of hydrogen-bond acceptors (Lipinski definition) is 5. The van der Waals surface area contributed by atoms with E-state index in [2.05, 4.69) is 29.2 Å². The maximum atomic E-state index is 15.4. The van der Waals surface area contributed by atoms with Crippen molar-refractivity contribution in [3.8, 4) is 22.5 Å². The van der Waals surface area contributed by atoms with Gasteiger partial charge in [0.05, 0.1) is 5.41 Å².